The number of hydrogen-bond donors (Lipinski definition) is 1. The molecule has 21 heavy (non-hydrogen) atoms. The summed E-state index contributed by atoms with van der Waals surface area (Å²) in [5.74, 6) is 0.828. The first-order valence-electron chi connectivity index (χ1n) is 7.44. The molecule has 0 amide bonds. The number of ether oxygens (including phenoxy) is 2. The van der Waals surface area contributed by atoms with Crippen molar-refractivity contribution >= 4 is 5.97 Å². The van der Waals surface area contributed by atoms with E-state index >= 15 is 0 Å². The summed E-state index contributed by atoms with van der Waals surface area (Å²) in [7, 11) is 0. The van der Waals surface area contributed by atoms with E-state index in [1.165, 1.54) is 0 Å². The van der Waals surface area contributed by atoms with Gasteiger partial charge in [-0.15, -0.1) is 0 Å². The molecule has 0 aliphatic carbocycles. The summed E-state index contributed by atoms with van der Waals surface area (Å²) in [6.07, 6.45) is -0.640. The fraction of sp³-hybridized carbons (Fsp3) is 0.625. The van der Waals surface area contributed by atoms with Crippen LogP contribution in [0, 0.1) is 12.8 Å². The van der Waals surface area contributed by atoms with Crippen LogP contribution in [0.15, 0.2) is 12.1 Å². The molecule has 1 heterocycles. The summed E-state index contributed by atoms with van der Waals surface area (Å²) in [6, 6.07) is 3.73. The van der Waals surface area contributed by atoms with Gasteiger partial charge < -0.3 is 14.8 Å². The smallest absolute Gasteiger partial charge is 0.347 e. The Bertz CT molecular complexity index is 461. The van der Waals surface area contributed by atoms with Crippen LogP contribution in [0.2, 0.25) is 0 Å². The standard InChI is InChI=1S/C16H26N2O3/c1-6-20-16(19)13(5)21-15-8-7-12(4)18-14(15)10-17-9-11(2)3/h7-8,11,13,17H,6,9-10H2,1-5H3. The van der Waals surface area contributed by atoms with E-state index in [0.29, 0.717) is 24.8 Å². The fourth-order valence-corrected chi connectivity index (χ4v) is 1.81. The molecule has 0 bridgehead atoms. The van der Waals surface area contributed by atoms with E-state index in [2.05, 4.69) is 24.1 Å². The third kappa shape index (κ3) is 6.12. The molecule has 0 saturated carbocycles. The highest BCUT2D eigenvalue weighted by Crippen LogP contribution is 2.19. The van der Waals surface area contributed by atoms with Crippen LogP contribution in [0.25, 0.3) is 0 Å². The lowest BCUT2D eigenvalue weighted by Gasteiger charge is -2.17. The van der Waals surface area contributed by atoms with Gasteiger partial charge in [0.05, 0.1) is 12.3 Å². The lowest BCUT2D eigenvalue weighted by molar-refractivity contribution is -0.150. The lowest BCUT2D eigenvalue weighted by atomic mass is 10.2. The summed E-state index contributed by atoms with van der Waals surface area (Å²) in [5.41, 5.74) is 1.74. The van der Waals surface area contributed by atoms with Gasteiger partial charge in [-0.2, -0.15) is 0 Å². The molecule has 0 radical (unpaired) electrons. The zero-order valence-corrected chi connectivity index (χ0v) is 13.6. The van der Waals surface area contributed by atoms with Crippen LogP contribution in [-0.2, 0) is 16.1 Å². The molecule has 0 spiro atoms. The molecule has 5 nitrogen and oxygen atoms in total. The van der Waals surface area contributed by atoms with Gasteiger partial charge >= 0.3 is 5.97 Å². The third-order valence-electron chi connectivity index (χ3n) is 2.84. The largest absolute Gasteiger partial charge is 0.477 e. The molecule has 1 aromatic heterocycles. The van der Waals surface area contributed by atoms with Crippen LogP contribution in [0.3, 0.4) is 0 Å². The minimum Gasteiger partial charge on any atom is -0.477 e. The highest BCUT2D eigenvalue weighted by Gasteiger charge is 2.18. The van der Waals surface area contributed by atoms with Crippen LogP contribution in [-0.4, -0.2) is 30.2 Å². The second kappa shape index (κ2) is 8.62. The number of nitrogens with zero attached hydrogens (tertiary/aromatic N) is 1. The Morgan fingerprint density at radius 1 is 1.33 bits per heavy atom. The maximum absolute atomic E-state index is 11.6. The Labute approximate surface area is 127 Å². The minimum absolute atomic E-state index is 0.349. The van der Waals surface area contributed by atoms with Crippen molar-refractivity contribution in [3.8, 4) is 5.75 Å². The second-order valence-corrected chi connectivity index (χ2v) is 5.43. The first kappa shape index (κ1) is 17.4. The van der Waals surface area contributed by atoms with Crippen LogP contribution in [0.1, 0.15) is 39.1 Å². The summed E-state index contributed by atoms with van der Waals surface area (Å²) in [4.78, 5) is 16.1. The third-order valence-corrected chi connectivity index (χ3v) is 2.84. The predicted molar refractivity (Wildman–Crippen MR) is 82.2 cm³/mol. The van der Waals surface area contributed by atoms with Gasteiger partial charge in [-0.05, 0) is 45.4 Å². The van der Waals surface area contributed by atoms with Gasteiger partial charge in [0.15, 0.2) is 6.10 Å². The Balaban J connectivity index is 2.74. The van der Waals surface area contributed by atoms with Crippen molar-refractivity contribution in [1.29, 1.82) is 0 Å². The number of rotatable bonds is 8. The van der Waals surface area contributed by atoms with Crippen LogP contribution >= 0.6 is 0 Å². The number of aryl methyl sites for hydroxylation is 1. The maximum Gasteiger partial charge on any atom is 0.347 e. The van der Waals surface area contributed by atoms with Crippen LogP contribution in [0.5, 0.6) is 5.75 Å². The topological polar surface area (TPSA) is 60.5 Å². The highest BCUT2D eigenvalue weighted by molar-refractivity contribution is 5.74. The maximum atomic E-state index is 11.6. The van der Waals surface area contributed by atoms with Crippen molar-refractivity contribution in [2.45, 2.75) is 47.3 Å². The number of carbonyl (C=O) groups is 1. The van der Waals surface area contributed by atoms with Crippen molar-refractivity contribution in [3.63, 3.8) is 0 Å². The molecule has 5 heteroatoms. The summed E-state index contributed by atoms with van der Waals surface area (Å²) < 4.78 is 10.6. The summed E-state index contributed by atoms with van der Waals surface area (Å²) in [5, 5.41) is 3.34. The second-order valence-electron chi connectivity index (χ2n) is 5.43. The zero-order valence-electron chi connectivity index (χ0n) is 13.6. The first-order chi connectivity index (χ1) is 9.93. The minimum atomic E-state index is -0.640. The van der Waals surface area contributed by atoms with Crippen LogP contribution < -0.4 is 10.1 Å². The number of nitrogens with one attached hydrogen (secondary N) is 1. The molecular formula is C16H26N2O3. The molecule has 0 aliphatic rings. The summed E-state index contributed by atoms with van der Waals surface area (Å²) >= 11 is 0. The molecule has 1 N–H and O–H groups in total. The van der Waals surface area contributed by atoms with Gasteiger partial charge in [-0.3, -0.25) is 4.98 Å². The van der Waals surface area contributed by atoms with Crippen LogP contribution in [0.4, 0.5) is 0 Å². The quantitative estimate of drug-likeness (QED) is 0.746. The molecule has 0 aliphatic heterocycles. The highest BCUT2D eigenvalue weighted by atomic mass is 16.6. The van der Waals surface area contributed by atoms with E-state index < -0.39 is 6.10 Å². The molecule has 0 saturated heterocycles. The van der Waals surface area contributed by atoms with Crippen molar-refractivity contribution in [2.75, 3.05) is 13.2 Å². The van der Waals surface area contributed by atoms with E-state index in [1.807, 2.05) is 19.1 Å². The van der Waals surface area contributed by atoms with Gasteiger partial charge in [0, 0.05) is 12.2 Å². The average Bonchev–Trinajstić information content (AvgIpc) is 2.41. The molecule has 118 valence electrons. The van der Waals surface area contributed by atoms with E-state index in [-0.39, 0.29) is 5.97 Å². The summed E-state index contributed by atoms with van der Waals surface area (Å²) in [6.45, 7) is 11.6. The number of hydrogen-bond acceptors (Lipinski definition) is 5. The first-order valence-corrected chi connectivity index (χ1v) is 7.44. The molecule has 0 fully saturated rings. The number of carbonyl (C=O) groups excluding carboxylic acids is 1. The Morgan fingerprint density at radius 2 is 2.05 bits per heavy atom. The van der Waals surface area contributed by atoms with Gasteiger partial charge in [0.1, 0.15) is 5.75 Å². The molecule has 1 atom stereocenters. The average molecular weight is 294 g/mol. The van der Waals surface area contributed by atoms with Gasteiger partial charge in [0.2, 0.25) is 0 Å². The van der Waals surface area contributed by atoms with Gasteiger partial charge in [-0.25, -0.2) is 4.79 Å². The monoisotopic (exact) mass is 294 g/mol. The SMILES string of the molecule is CCOC(=O)C(C)Oc1ccc(C)nc1CNCC(C)C. The normalized spacial score (nSPS) is 12.3. The predicted octanol–water partition coefficient (Wildman–Crippen LogP) is 2.47. The van der Waals surface area contributed by atoms with Gasteiger partial charge in [-0.1, -0.05) is 13.8 Å². The van der Waals surface area contributed by atoms with E-state index in [9.17, 15) is 4.79 Å². The number of esters is 1. The van der Waals surface area contributed by atoms with Gasteiger partial charge in [0.25, 0.3) is 0 Å². The van der Waals surface area contributed by atoms with E-state index in [1.54, 1.807) is 13.8 Å². The molecular weight excluding hydrogens is 268 g/mol. The van der Waals surface area contributed by atoms with Crippen molar-refractivity contribution in [2.24, 2.45) is 5.92 Å². The lowest BCUT2D eigenvalue weighted by Crippen LogP contribution is -2.27. The van der Waals surface area contributed by atoms with Crippen molar-refractivity contribution < 1.29 is 14.3 Å². The van der Waals surface area contributed by atoms with E-state index in [0.717, 1.165) is 17.9 Å². The van der Waals surface area contributed by atoms with Crippen molar-refractivity contribution in [1.82, 2.24) is 10.3 Å². The number of aromatic nitrogens is 1. The fourth-order valence-electron chi connectivity index (χ4n) is 1.81. The molecule has 1 aromatic rings. The Hall–Kier alpha value is -1.62. The zero-order chi connectivity index (χ0) is 15.8. The Kier molecular flexibility index (Phi) is 7.15. The number of pyridine rings is 1. The molecule has 0 aromatic carbocycles. The van der Waals surface area contributed by atoms with Crippen molar-refractivity contribution in [3.05, 3.63) is 23.5 Å². The van der Waals surface area contributed by atoms with E-state index in [4.69, 9.17) is 9.47 Å². The molecule has 1 rings (SSSR count). The molecule has 1 unspecified atom stereocenters. The Morgan fingerprint density at radius 3 is 2.67 bits per heavy atom.